The van der Waals surface area contributed by atoms with Crippen molar-refractivity contribution in [3.63, 3.8) is 0 Å². The number of nitrogens with zero attached hydrogens (tertiary/aromatic N) is 2. The van der Waals surface area contributed by atoms with Crippen molar-refractivity contribution in [2.24, 2.45) is 0 Å². The standard InChI is InChI=1S/C28H32F2N2O4S/c1-19-5-9-24(10-6-19)37(34,35)31-16-3-4-25(31)27(33)32(23-11-14-28(29,30)15-12-23)20(2)22-8-7-21-13-17-36-26(21)18-22/h5-10,13,17-18,20,23,25H,3-4,11-12,14-16H2,1-2H3/t20?,25-/m0/s1. The van der Waals surface area contributed by atoms with E-state index < -0.39 is 34.1 Å². The van der Waals surface area contributed by atoms with Crippen LogP contribution in [-0.4, -0.2) is 48.1 Å². The molecule has 3 aromatic rings. The molecule has 1 saturated heterocycles. The lowest BCUT2D eigenvalue weighted by Crippen LogP contribution is -2.53. The van der Waals surface area contributed by atoms with Crippen LogP contribution in [0.1, 0.15) is 62.6 Å². The highest BCUT2D eigenvalue weighted by molar-refractivity contribution is 7.89. The SMILES string of the molecule is Cc1ccc(S(=O)(=O)N2CCC[C@H]2C(=O)N(C2CCC(F)(F)CC2)C(C)c2ccc3ccoc3c2)cc1. The molecule has 2 aromatic carbocycles. The largest absolute Gasteiger partial charge is 0.464 e. The van der Waals surface area contributed by atoms with Gasteiger partial charge in [-0.3, -0.25) is 4.79 Å². The molecule has 2 fully saturated rings. The third-order valence-electron chi connectivity index (χ3n) is 7.83. The molecule has 1 aromatic heterocycles. The van der Waals surface area contributed by atoms with Crippen LogP contribution in [0.4, 0.5) is 8.78 Å². The molecule has 1 aliphatic heterocycles. The van der Waals surface area contributed by atoms with Gasteiger partial charge < -0.3 is 9.32 Å². The zero-order valence-corrected chi connectivity index (χ0v) is 21.9. The second-order valence-electron chi connectivity index (χ2n) is 10.3. The van der Waals surface area contributed by atoms with E-state index in [0.29, 0.717) is 18.4 Å². The Kier molecular flexibility index (Phi) is 6.87. The second kappa shape index (κ2) is 9.83. The van der Waals surface area contributed by atoms with Crippen molar-refractivity contribution in [2.45, 2.75) is 81.3 Å². The molecule has 198 valence electrons. The summed E-state index contributed by atoms with van der Waals surface area (Å²) in [5.74, 6) is -3.06. The lowest BCUT2D eigenvalue weighted by Gasteiger charge is -2.42. The second-order valence-corrected chi connectivity index (χ2v) is 12.2. The van der Waals surface area contributed by atoms with E-state index in [-0.39, 0.29) is 43.0 Å². The fourth-order valence-corrected chi connectivity index (χ4v) is 7.33. The van der Waals surface area contributed by atoms with Gasteiger partial charge in [-0.05, 0) is 69.4 Å². The molecule has 0 spiro atoms. The van der Waals surface area contributed by atoms with Gasteiger partial charge in [0.2, 0.25) is 21.9 Å². The van der Waals surface area contributed by atoms with E-state index >= 15 is 0 Å². The van der Waals surface area contributed by atoms with Crippen molar-refractivity contribution in [1.82, 2.24) is 9.21 Å². The van der Waals surface area contributed by atoms with Crippen molar-refractivity contribution < 1.29 is 26.4 Å². The molecule has 0 radical (unpaired) electrons. The van der Waals surface area contributed by atoms with Crippen LogP contribution in [0.2, 0.25) is 0 Å². The molecular formula is C28H32F2N2O4S. The first kappa shape index (κ1) is 25.9. The number of benzene rings is 2. The molecule has 1 amide bonds. The van der Waals surface area contributed by atoms with Gasteiger partial charge in [0, 0.05) is 30.8 Å². The highest BCUT2D eigenvalue weighted by atomic mass is 32.2. The van der Waals surface area contributed by atoms with Crippen LogP contribution in [0.15, 0.2) is 64.1 Å². The van der Waals surface area contributed by atoms with E-state index in [9.17, 15) is 22.0 Å². The maximum absolute atomic E-state index is 14.2. The molecule has 0 bridgehead atoms. The van der Waals surface area contributed by atoms with Gasteiger partial charge in [-0.2, -0.15) is 4.31 Å². The summed E-state index contributed by atoms with van der Waals surface area (Å²) in [5, 5.41) is 0.928. The van der Waals surface area contributed by atoms with Crippen LogP contribution < -0.4 is 0 Å². The van der Waals surface area contributed by atoms with E-state index in [2.05, 4.69) is 0 Å². The van der Waals surface area contributed by atoms with Gasteiger partial charge in [-0.1, -0.05) is 29.8 Å². The first-order chi connectivity index (χ1) is 17.6. The van der Waals surface area contributed by atoms with Crippen molar-refractivity contribution in [1.29, 1.82) is 0 Å². The molecule has 2 atom stereocenters. The number of aryl methyl sites for hydroxylation is 1. The van der Waals surface area contributed by atoms with Gasteiger partial charge in [0.1, 0.15) is 11.6 Å². The molecule has 1 aliphatic carbocycles. The van der Waals surface area contributed by atoms with Gasteiger partial charge in [-0.15, -0.1) is 0 Å². The minimum atomic E-state index is -3.89. The normalized spacial score (nSPS) is 21.8. The lowest BCUT2D eigenvalue weighted by molar-refractivity contribution is -0.143. The Morgan fingerprint density at radius 2 is 1.78 bits per heavy atom. The van der Waals surface area contributed by atoms with Crippen molar-refractivity contribution in [2.75, 3.05) is 6.54 Å². The summed E-state index contributed by atoms with van der Waals surface area (Å²) in [7, 11) is -3.89. The predicted octanol–water partition coefficient (Wildman–Crippen LogP) is 6.06. The summed E-state index contributed by atoms with van der Waals surface area (Å²) < 4.78 is 62.0. The molecule has 9 heteroatoms. The van der Waals surface area contributed by atoms with Crippen LogP contribution in [0.25, 0.3) is 11.0 Å². The van der Waals surface area contributed by atoms with Gasteiger partial charge in [0.25, 0.3) is 0 Å². The molecule has 2 aliphatic rings. The fourth-order valence-electron chi connectivity index (χ4n) is 5.67. The molecular weight excluding hydrogens is 498 g/mol. The van der Waals surface area contributed by atoms with Crippen molar-refractivity contribution in [3.8, 4) is 0 Å². The third-order valence-corrected chi connectivity index (χ3v) is 9.75. The van der Waals surface area contributed by atoms with Gasteiger partial charge >= 0.3 is 0 Å². The minimum absolute atomic E-state index is 0.151. The molecule has 1 unspecified atom stereocenters. The Hall–Kier alpha value is -2.78. The number of hydrogen-bond donors (Lipinski definition) is 0. The van der Waals surface area contributed by atoms with Crippen molar-refractivity contribution >= 4 is 26.9 Å². The Morgan fingerprint density at radius 3 is 2.49 bits per heavy atom. The van der Waals surface area contributed by atoms with Crippen LogP contribution in [0, 0.1) is 6.92 Å². The molecule has 0 N–H and O–H groups in total. The minimum Gasteiger partial charge on any atom is -0.464 e. The highest BCUT2D eigenvalue weighted by Crippen LogP contribution is 2.40. The van der Waals surface area contributed by atoms with Gasteiger partial charge in [-0.25, -0.2) is 17.2 Å². The number of furan rings is 1. The van der Waals surface area contributed by atoms with E-state index in [4.69, 9.17) is 4.42 Å². The lowest BCUT2D eigenvalue weighted by atomic mass is 9.89. The van der Waals surface area contributed by atoms with Crippen LogP contribution in [0.5, 0.6) is 0 Å². The maximum atomic E-state index is 14.2. The number of alkyl halides is 2. The number of fused-ring (bicyclic) bond motifs is 1. The summed E-state index contributed by atoms with van der Waals surface area (Å²) in [4.78, 5) is 16.0. The number of sulfonamides is 1. The third kappa shape index (κ3) is 5.03. The van der Waals surface area contributed by atoms with Gasteiger partial charge in [0.15, 0.2) is 0 Å². The summed E-state index contributed by atoms with van der Waals surface area (Å²) in [6, 6.07) is 12.4. The van der Waals surface area contributed by atoms with E-state index in [1.54, 1.807) is 35.4 Å². The topological polar surface area (TPSA) is 70.8 Å². The Balaban J connectivity index is 1.48. The number of rotatable bonds is 6. The zero-order chi connectivity index (χ0) is 26.4. The fraction of sp³-hybridized carbons (Fsp3) is 0.464. The Bertz CT molecular complexity index is 1380. The van der Waals surface area contributed by atoms with Crippen molar-refractivity contribution in [3.05, 3.63) is 65.9 Å². The molecule has 37 heavy (non-hydrogen) atoms. The molecule has 2 heterocycles. The first-order valence-corrected chi connectivity index (χ1v) is 14.3. The van der Waals surface area contributed by atoms with Gasteiger partial charge in [0.05, 0.1) is 17.2 Å². The van der Waals surface area contributed by atoms with E-state index in [0.717, 1.165) is 16.5 Å². The van der Waals surface area contributed by atoms with Crippen LogP contribution in [-0.2, 0) is 14.8 Å². The molecule has 1 saturated carbocycles. The Morgan fingerprint density at radius 1 is 1.08 bits per heavy atom. The molecule has 6 nitrogen and oxygen atoms in total. The number of hydrogen-bond acceptors (Lipinski definition) is 4. The van der Waals surface area contributed by atoms with Crippen LogP contribution in [0.3, 0.4) is 0 Å². The summed E-state index contributed by atoms with van der Waals surface area (Å²) >= 11 is 0. The number of amides is 1. The first-order valence-electron chi connectivity index (χ1n) is 12.8. The van der Waals surface area contributed by atoms with E-state index in [1.165, 1.54) is 4.31 Å². The zero-order valence-electron chi connectivity index (χ0n) is 21.1. The maximum Gasteiger partial charge on any atom is 0.248 e. The number of carbonyl (C=O) groups excluding carboxylic acids is 1. The average molecular weight is 531 g/mol. The average Bonchev–Trinajstić information content (AvgIpc) is 3.55. The Labute approximate surface area is 216 Å². The number of carbonyl (C=O) groups is 1. The summed E-state index contributed by atoms with van der Waals surface area (Å²) in [6.07, 6.45) is 2.31. The highest BCUT2D eigenvalue weighted by Gasteiger charge is 2.46. The summed E-state index contributed by atoms with van der Waals surface area (Å²) in [5.41, 5.74) is 2.44. The number of halogens is 2. The smallest absolute Gasteiger partial charge is 0.248 e. The summed E-state index contributed by atoms with van der Waals surface area (Å²) in [6.45, 7) is 4.00. The monoisotopic (exact) mass is 530 g/mol. The molecule has 5 rings (SSSR count). The predicted molar refractivity (Wildman–Crippen MR) is 137 cm³/mol. The quantitative estimate of drug-likeness (QED) is 0.388. The van der Waals surface area contributed by atoms with Crippen LogP contribution >= 0.6 is 0 Å². The van der Waals surface area contributed by atoms with E-state index in [1.807, 2.05) is 38.1 Å².